The molecule has 4 rings (SSSR count). The summed E-state index contributed by atoms with van der Waals surface area (Å²) in [5.74, 6) is -0.154. The molecule has 0 spiro atoms. The van der Waals surface area contributed by atoms with E-state index in [2.05, 4.69) is 25.0 Å². The first-order valence-corrected chi connectivity index (χ1v) is 9.03. The van der Waals surface area contributed by atoms with Crippen LogP contribution < -0.4 is 10.1 Å². The van der Waals surface area contributed by atoms with Gasteiger partial charge in [-0.25, -0.2) is 4.99 Å². The molecular formula is C19H11F3N4O2S. The van der Waals surface area contributed by atoms with Crippen LogP contribution in [0.2, 0.25) is 0 Å². The van der Waals surface area contributed by atoms with E-state index in [0.29, 0.717) is 10.4 Å². The SMILES string of the molecule is O=C1NC(=Nc2cccc(OC(F)(F)F)c2)C(=Cc2ccc3nccnc3c2)S1. The zero-order chi connectivity index (χ0) is 20.4. The lowest BCUT2D eigenvalue weighted by Crippen LogP contribution is -2.18. The molecule has 10 heteroatoms. The predicted molar refractivity (Wildman–Crippen MR) is 104 cm³/mol. The van der Waals surface area contributed by atoms with Gasteiger partial charge in [0.05, 0.1) is 21.6 Å². The fourth-order valence-electron chi connectivity index (χ4n) is 2.61. The van der Waals surface area contributed by atoms with Crippen molar-refractivity contribution in [2.75, 3.05) is 0 Å². The lowest BCUT2D eigenvalue weighted by Gasteiger charge is -2.09. The third kappa shape index (κ3) is 4.72. The van der Waals surface area contributed by atoms with Crippen LogP contribution in [-0.4, -0.2) is 27.4 Å². The van der Waals surface area contributed by atoms with Crippen molar-refractivity contribution in [3.05, 3.63) is 65.3 Å². The summed E-state index contributed by atoms with van der Waals surface area (Å²) in [5.41, 5.74) is 2.41. The Hall–Kier alpha value is -3.40. The number of hydrogen-bond acceptors (Lipinski definition) is 6. The van der Waals surface area contributed by atoms with Gasteiger partial charge in [0.1, 0.15) is 11.6 Å². The highest BCUT2D eigenvalue weighted by molar-refractivity contribution is 8.18. The average Bonchev–Trinajstić information content (AvgIpc) is 2.99. The minimum absolute atomic E-state index is 0.208. The molecule has 29 heavy (non-hydrogen) atoms. The van der Waals surface area contributed by atoms with Crippen molar-refractivity contribution in [2.45, 2.75) is 6.36 Å². The Kier molecular flexibility index (Phi) is 4.93. The first-order chi connectivity index (χ1) is 13.9. The maximum absolute atomic E-state index is 12.4. The average molecular weight is 416 g/mol. The summed E-state index contributed by atoms with van der Waals surface area (Å²) < 4.78 is 41.1. The summed E-state index contributed by atoms with van der Waals surface area (Å²) in [5, 5.41) is 2.26. The number of fused-ring (bicyclic) bond motifs is 1. The number of amides is 1. The van der Waals surface area contributed by atoms with E-state index >= 15 is 0 Å². The molecule has 1 fully saturated rings. The van der Waals surface area contributed by atoms with Crippen molar-refractivity contribution in [2.24, 2.45) is 4.99 Å². The van der Waals surface area contributed by atoms with E-state index in [4.69, 9.17) is 0 Å². The summed E-state index contributed by atoms with van der Waals surface area (Å²) in [6, 6.07) is 10.6. The van der Waals surface area contributed by atoms with Crippen LogP contribution in [0.1, 0.15) is 5.56 Å². The van der Waals surface area contributed by atoms with Crippen LogP contribution in [0.3, 0.4) is 0 Å². The van der Waals surface area contributed by atoms with Gasteiger partial charge in [-0.15, -0.1) is 13.2 Å². The number of nitrogens with one attached hydrogen (secondary N) is 1. The van der Waals surface area contributed by atoms with Crippen LogP contribution in [0.5, 0.6) is 5.75 Å². The standard InChI is InChI=1S/C19H11F3N4O2S/c20-19(21,22)28-13-3-1-2-12(10-13)25-17-16(29-18(27)26-17)9-11-4-5-14-15(8-11)24-7-6-23-14/h1-10H,(H,25,26,27). The van der Waals surface area contributed by atoms with Crippen LogP contribution in [-0.2, 0) is 0 Å². The van der Waals surface area contributed by atoms with Crippen molar-refractivity contribution in [3.63, 3.8) is 0 Å². The van der Waals surface area contributed by atoms with E-state index in [-0.39, 0.29) is 16.8 Å². The molecule has 1 aliphatic rings. The smallest absolute Gasteiger partial charge is 0.406 e. The van der Waals surface area contributed by atoms with Gasteiger partial charge in [0.2, 0.25) is 0 Å². The number of halogens is 3. The van der Waals surface area contributed by atoms with Crippen molar-refractivity contribution in [3.8, 4) is 5.75 Å². The molecule has 146 valence electrons. The summed E-state index contributed by atoms with van der Waals surface area (Å²) >= 11 is 0.940. The van der Waals surface area contributed by atoms with Gasteiger partial charge in [-0.1, -0.05) is 12.1 Å². The second-order valence-electron chi connectivity index (χ2n) is 5.83. The molecule has 1 aromatic heterocycles. The van der Waals surface area contributed by atoms with Crippen LogP contribution in [0.4, 0.5) is 23.7 Å². The number of nitrogens with zero attached hydrogens (tertiary/aromatic N) is 3. The first kappa shape index (κ1) is 18.9. The molecule has 1 amide bonds. The number of ether oxygens (including phenoxy) is 1. The molecule has 0 bridgehead atoms. The minimum Gasteiger partial charge on any atom is -0.406 e. The molecule has 1 saturated heterocycles. The highest BCUT2D eigenvalue weighted by Crippen LogP contribution is 2.31. The number of amidine groups is 1. The fourth-order valence-corrected chi connectivity index (χ4v) is 3.35. The third-order valence-electron chi connectivity index (χ3n) is 3.74. The monoisotopic (exact) mass is 416 g/mol. The molecule has 6 nitrogen and oxygen atoms in total. The number of hydrogen-bond donors (Lipinski definition) is 1. The zero-order valence-corrected chi connectivity index (χ0v) is 15.3. The van der Waals surface area contributed by atoms with E-state index in [1.165, 1.54) is 18.2 Å². The summed E-state index contributed by atoms with van der Waals surface area (Å²) in [7, 11) is 0. The van der Waals surface area contributed by atoms with Crippen LogP contribution in [0.15, 0.2) is 64.8 Å². The van der Waals surface area contributed by atoms with Gasteiger partial charge in [-0.05, 0) is 47.7 Å². The van der Waals surface area contributed by atoms with E-state index in [9.17, 15) is 18.0 Å². The van der Waals surface area contributed by atoms with Crippen molar-refractivity contribution in [1.29, 1.82) is 0 Å². The zero-order valence-electron chi connectivity index (χ0n) is 14.5. The number of rotatable bonds is 3. The van der Waals surface area contributed by atoms with Gasteiger partial charge in [-0.3, -0.25) is 14.8 Å². The van der Waals surface area contributed by atoms with Gasteiger partial charge in [0.25, 0.3) is 5.24 Å². The lowest BCUT2D eigenvalue weighted by molar-refractivity contribution is -0.274. The van der Waals surface area contributed by atoms with E-state index in [1.807, 2.05) is 12.1 Å². The Morgan fingerprint density at radius 3 is 2.66 bits per heavy atom. The lowest BCUT2D eigenvalue weighted by atomic mass is 10.1. The number of thioether (sulfide) groups is 1. The summed E-state index contributed by atoms with van der Waals surface area (Å²) in [6.45, 7) is 0. The second-order valence-corrected chi connectivity index (χ2v) is 6.85. The molecule has 0 unspecified atom stereocenters. The number of aliphatic imine (C=N–C) groups is 1. The molecule has 2 heterocycles. The van der Waals surface area contributed by atoms with Crippen LogP contribution in [0, 0.1) is 0 Å². The second kappa shape index (κ2) is 7.55. The Labute approximate surface area is 166 Å². The van der Waals surface area contributed by atoms with Crippen LogP contribution >= 0.6 is 11.8 Å². The van der Waals surface area contributed by atoms with Gasteiger partial charge in [0.15, 0.2) is 0 Å². The Balaban J connectivity index is 1.66. The number of carbonyl (C=O) groups is 1. The third-order valence-corrected chi connectivity index (χ3v) is 4.56. The first-order valence-electron chi connectivity index (χ1n) is 8.22. The Morgan fingerprint density at radius 1 is 1.07 bits per heavy atom. The van der Waals surface area contributed by atoms with Crippen molar-refractivity contribution >= 4 is 45.6 Å². The van der Waals surface area contributed by atoms with Gasteiger partial charge in [-0.2, -0.15) is 0 Å². The van der Waals surface area contributed by atoms with Gasteiger partial charge < -0.3 is 10.1 Å². The normalized spacial score (nSPS) is 17.1. The number of carbonyl (C=O) groups excluding carboxylic acids is 1. The molecule has 0 radical (unpaired) electrons. The number of aromatic nitrogens is 2. The highest BCUT2D eigenvalue weighted by atomic mass is 32.2. The predicted octanol–water partition coefficient (Wildman–Crippen LogP) is 5.06. The molecular weight excluding hydrogens is 405 g/mol. The molecule has 0 atom stereocenters. The Morgan fingerprint density at radius 2 is 1.86 bits per heavy atom. The molecule has 2 aromatic carbocycles. The quantitative estimate of drug-likeness (QED) is 0.646. The summed E-state index contributed by atoms with van der Waals surface area (Å²) in [6.07, 6.45) is 0.119. The minimum atomic E-state index is -4.80. The molecule has 3 aromatic rings. The van der Waals surface area contributed by atoms with Gasteiger partial charge in [0, 0.05) is 18.5 Å². The van der Waals surface area contributed by atoms with Crippen molar-refractivity contribution in [1.82, 2.24) is 15.3 Å². The highest BCUT2D eigenvalue weighted by Gasteiger charge is 2.31. The topological polar surface area (TPSA) is 76.5 Å². The number of alkyl halides is 3. The largest absolute Gasteiger partial charge is 0.573 e. The maximum atomic E-state index is 12.4. The molecule has 0 saturated carbocycles. The molecule has 0 aliphatic carbocycles. The summed E-state index contributed by atoms with van der Waals surface area (Å²) in [4.78, 5) is 25.1. The number of benzene rings is 2. The molecule has 1 aliphatic heterocycles. The van der Waals surface area contributed by atoms with Gasteiger partial charge >= 0.3 is 6.36 Å². The fraction of sp³-hybridized carbons (Fsp3) is 0.0526. The maximum Gasteiger partial charge on any atom is 0.573 e. The van der Waals surface area contributed by atoms with Crippen LogP contribution in [0.25, 0.3) is 17.1 Å². The molecule has 1 N–H and O–H groups in total. The Bertz CT molecular complexity index is 1160. The van der Waals surface area contributed by atoms with E-state index in [1.54, 1.807) is 24.5 Å². The van der Waals surface area contributed by atoms with Crippen molar-refractivity contribution < 1.29 is 22.7 Å². The van der Waals surface area contributed by atoms with E-state index < -0.39 is 12.1 Å². The van der Waals surface area contributed by atoms with E-state index in [0.717, 1.165) is 28.9 Å².